The molecule has 0 aliphatic rings. The van der Waals surface area contributed by atoms with Crippen LogP contribution in [0.25, 0.3) is 0 Å². The first-order valence-electron chi connectivity index (χ1n) is 8.30. The molecule has 0 fully saturated rings. The molecule has 5 heteroatoms. The average molecular weight is 362 g/mol. The fourth-order valence-corrected chi connectivity index (χ4v) is 3.03. The van der Waals surface area contributed by atoms with Gasteiger partial charge in [0.1, 0.15) is 0 Å². The number of esters is 1. The summed E-state index contributed by atoms with van der Waals surface area (Å²) < 4.78 is 7.28. The SMILES string of the molecule is Cc1cc(C(=O)COC(=O)[C@H](c2ccc(Cl)cc2)C(C)C)c(C)n1C. The molecule has 0 amide bonds. The van der Waals surface area contributed by atoms with Gasteiger partial charge in [-0.05, 0) is 43.5 Å². The van der Waals surface area contributed by atoms with Crippen molar-refractivity contribution in [3.05, 3.63) is 57.9 Å². The Hall–Kier alpha value is -2.07. The Balaban J connectivity index is 2.09. The van der Waals surface area contributed by atoms with E-state index in [1.807, 2.05) is 57.5 Å². The molecule has 0 unspecified atom stereocenters. The van der Waals surface area contributed by atoms with E-state index in [0.717, 1.165) is 17.0 Å². The summed E-state index contributed by atoms with van der Waals surface area (Å²) in [5.41, 5.74) is 3.30. The predicted molar refractivity (Wildman–Crippen MR) is 99.2 cm³/mol. The number of rotatable bonds is 6. The van der Waals surface area contributed by atoms with E-state index in [-0.39, 0.29) is 18.3 Å². The third kappa shape index (κ3) is 4.31. The van der Waals surface area contributed by atoms with Crippen LogP contribution < -0.4 is 0 Å². The Morgan fingerprint density at radius 3 is 2.24 bits per heavy atom. The first kappa shape index (κ1) is 19.3. The number of carbonyl (C=O) groups excluding carboxylic acids is 2. The van der Waals surface area contributed by atoms with E-state index in [9.17, 15) is 9.59 Å². The summed E-state index contributed by atoms with van der Waals surface area (Å²) in [5, 5.41) is 0.615. The Morgan fingerprint density at radius 2 is 1.76 bits per heavy atom. The maximum absolute atomic E-state index is 12.6. The van der Waals surface area contributed by atoms with E-state index >= 15 is 0 Å². The topological polar surface area (TPSA) is 48.3 Å². The molecule has 0 spiro atoms. The fourth-order valence-electron chi connectivity index (χ4n) is 2.91. The first-order chi connectivity index (χ1) is 11.7. The highest BCUT2D eigenvalue weighted by molar-refractivity contribution is 6.30. The lowest BCUT2D eigenvalue weighted by atomic mass is 9.88. The number of halogens is 1. The van der Waals surface area contributed by atoms with Gasteiger partial charge in [-0.3, -0.25) is 9.59 Å². The van der Waals surface area contributed by atoms with Crippen molar-refractivity contribution in [3.8, 4) is 0 Å². The summed E-state index contributed by atoms with van der Waals surface area (Å²) in [7, 11) is 1.91. The summed E-state index contributed by atoms with van der Waals surface area (Å²) in [6, 6.07) is 8.97. The number of aryl methyl sites for hydroxylation is 1. The van der Waals surface area contributed by atoms with Gasteiger partial charge in [0.05, 0.1) is 5.92 Å². The normalized spacial score (nSPS) is 12.3. The van der Waals surface area contributed by atoms with Gasteiger partial charge in [-0.25, -0.2) is 0 Å². The van der Waals surface area contributed by atoms with Gasteiger partial charge in [0.15, 0.2) is 6.61 Å². The third-order valence-electron chi connectivity index (χ3n) is 4.57. The summed E-state index contributed by atoms with van der Waals surface area (Å²) in [6.07, 6.45) is 0. The van der Waals surface area contributed by atoms with Crippen molar-refractivity contribution in [3.63, 3.8) is 0 Å². The van der Waals surface area contributed by atoms with Gasteiger partial charge in [0.25, 0.3) is 0 Å². The molecule has 0 aliphatic heterocycles. The van der Waals surface area contributed by atoms with Crippen molar-refractivity contribution in [2.45, 2.75) is 33.6 Å². The van der Waals surface area contributed by atoms with Gasteiger partial charge in [0, 0.05) is 29.0 Å². The highest BCUT2D eigenvalue weighted by atomic mass is 35.5. The number of aromatic nitrogens is 1. The van der Waals surface area contributed by atoms with Gasteiger partial charge in [-0.1, -0.05) is 37.6 Å². The van der Waals surface area contributed by atoms with Crippen LogP contribution in [0, 0.1) is 19.8 Å². The standard InChI is InChI=1S/C20H24ClNO3/c1-12(2)19(15-6-8-16(21)9-7-15)20(24)25-11-18(23)17-10-13(3)22(5)14(17)4/h6-10,12,19H,11H2,1-5H3/t19-/m0/s1. The number of nitrogens with zero attached hydrogens (tertiary/aromatic N) is 1. The Morgan fingerprint density at radius 1 is 1.16 bits per heavy atom. The lowest BCUT2D eigenvalue weighted by Crippen LogP contribution is -2.23. The minimum absolute atomic E-state index is 0.0458. The van der Waals surface area contributed by atoms with Gasteiger partial charge in [-0.15, -0.1) is 0 Å². The molecular weight excluding hydrogens is 338 g/mol. The van der Waals surface area contributed by atoms with Crippen LogP contribution in [-0.2, 0) is 16.6 Å². The first-order valence-corrected chi connectivity index (χ1v) is 8.68. The molecule has 1 aromatic carbocycles. The van der Waals surface area contributed by atoms with Gasteiger partial charge >= 0.3 is 5.97 Å². The van der Waals surface area contributed by atoms with E-state index < -0.39 is 11.9 Å². The molecule has 1 aromatic heterocycles. The molecule has 0 N–H and O–H groups in total. The molecular formula is C20H24ClNO3. The summed E-state index contributed by atoms with van der Waals surface area (Å²) in [6.45, 7) is 7.47. The van der Waals surface area contributed by atoms with Crippen molar-refractivity contribution in [1.82, 2.24) is 4.57 Å². The Bertz CT molecular complexity index is 775. The van der Waals surface area contributed by atoms with Crippen LogP contribution in [-0.4, -0.2) is 22.9 Å². The van der Waals surface area contributed by atoms with Crippen molar-refractivity contribution < 1.29 is 14.3 Å². The minimum atomic E-state index is -0.427. The van der Waals surface area contributed by atoms with Crippen LogP contribution in [0.1, 0.15) is 47.1 Å². The molecule has 0 aliphatic carbocycles. The van der Waals surface area contributed by atoms with Crippen LogP contribution in [0.15, 0.2) is 30.3 Å². The second kappa shape index (κ2) is 7.87. The summed E-state index contributed by atoms with van der Waals surface area (Å²) >= 11 is 5.91. The maximum Gasteiger partial charge on any atom is 0.314 e. The lowest BCUT2D eigenvalue weighted by molar-refractivity contribution is -0.145. The van der Waals surface area contributed by atoms with Crippen LogP contribution in [0.2, 0.25) is 5.02 Å². The quantitative estimate of drug-likeness (QED) is 0.563. The third-order valence-corrected chi connectivity index (χ3v) is 4.82. The number of benzene rings is 1. The van der Waals surface area contributed by atoms with Gasteiger partial charge < -0.3 is 9.30 Å². The highest BCUT2D eigenvalue weighted by Gasteiger charge is 2.27. The molecule has 0 radical (unpaired) electrons. The number of ketones is 1. The molecule has 0 bridgehead atoms. The molecule has 2 rings (SSSR count). The molecule has 0 saturated carbocycles. The monoisotopic (exact) mass is 361 g/mol. The molecule has 2 aromatic rings. The van der Waals surface area contributed by atoms with Crippen molar-refractivity contribution in [2.75, 3.05) is 6.61 Å². The van der Waals surface area contributed by atoms with Crippen LogP contribution in [0.3, 0.4) is 0 Å². The van der Waals surface area contributed by atoms with Crippen molar-refractivity contribution in [2.24, 2.45) is 13.0 Å². The average Bonchev–Trinajstić information content (AvgIpc) is 2.82. The molecule has 134 valence electrons. The maximum atomic E-state index is 12.6. The van der Waals surface area contributed by atoms with Crippen LogP contribution >= 0.6 is 11.6 Å². The number of hydrogen-bond donors (Lipinski definition) is 0. The second-order valence-corrected chi connectivity index (χ2v) is 7.08. The van der Waals surface area contributed by atoms with Crippen LogP contribution in [0.5, 0.6) is 0 Å². The zero-order chi connectivity index (χ0) is 18.7. The van der Waals surface area contributed by atoms with E-state index in [2.05, 4.69) is 0 Å². The summed E-state index contributed by atoms with van der Waals surface area (Å²) in [4.78, 5) is 25.0. The minimum Gasteiger partial charge on any atom is -0.457 e. The van der Waals surface area contributed by atoms with Gasteiger partial charge in [0.2, 0.25) is 5.78 Å². The zero-order valence-electron chi connectivity index (χ0n) is 15.3. The lowest BCUT2D eigenvalue weighted by Gasteiger charge is -2.19. The summed E-state index contributed by atoms with van der Waals surface area (Å²) in [5.74, 6) is -0.961. The Labute approximate surface area is 153 Å². The van der Waals surface area contributed by atoms with E-state index in [4.69, 9.17) is 16.3 Å². The fraction of sp³-hybridized carbons (Fsp3) is 0.400. The second-order valence-electron chi connectivity index (χ2n) is 6.65. The molecule has 1 atom stereocenters. The van der Waals surface area contributed by atoms with E-state index in [0.29, 0.717) is 10.6 Å². The predicted octanol–water partition coefficient (Wildman–Crippen LogP) is 4.46. The number of ether oxygens (including phenoxy) is 1. The van der Waals surface area contributed by atoms with E-state index in [1.54, 1.807) is 12.1 Å². The Kier molecular flexibility index (Phi) is 6.07. The zero-order valence-corrected chi connectivity index (χ0v) is 16.1. The highest BCUT2D eigenvalue weighted by Crippen LogP contribution is 2.27. The van der Waals surface area contributed by atoms with E-state index in [1.165, 1.54) is 0 Å². The number of carbonyl (C=O) groups is 2. The van der Waals surface area contributed by atoms with Crippen LogP contribution in [0.4, 0.5) is 0 Å². The molecule has 25 heavy (non-hydrogen) atoms. The molecule has 1 heterocycles. The molecule has 0 saturated heterocycles. The van der Waals surface area contributed by atoms with Gasteiger partial charge in [-0.2, -0.15) is 0 Å². The smallest absolute Gasteiger partial charge is 0.314 e. The number of hydrogen-bond acceptors (Lipinski definition) is 3. The molecule has 4 nitrogen and oxygen atoms in total. The largest absolute Gasteiger partial charge is 0.457 e. The number of Topliss-reactive ketones (excluding diaryl/α,β-unsaturated/α-hetero) is 1. The van der Waals surface area contributed by atoms with Crippen molar-refractivity contribution >= 4 is 23.4 Å². The van der Waals surface area contributed by atoms with Crippen molar-refractivity contribution in [1.29, 1.82) is 0 Å².